The third-order valence-electron chi connectivity index (χ3n) is 2.45. The van der Waals surface area contributed by atoms with E-state index >= 15 is 0 Å². The van der Waals surface area contributed by atoms with Crippen molar-refractivity contribution in [3.05, 3.63) is 59.0 Å². The predicted molar refractivity (Wildman–Crippen MR) is 67.7 cm³/mol. The molecule has 2 nitrogen and oxygen atoms in total. The second-order valence-corrected chi connectivity index (χ2v) is 4.20. The van der Waals surface area contributed by atoms with Gasteiger partial charge in [-0.25, -0.2) is 4.98 Å². The van der Waals surface area contributed by atoms with Crippen LogP contribution < -0.4 is 5.32 Å². The first-order chi connectivity index (χ1) is 8.15. The van der Waals surface area contributed by atoms with Crippen molar-refractivity contribution >= 4 is 17.4 Å². The van der Waals surface area contributed by atoms with Crippen LogP contribution in [-0.4, -0.2) is 4.98 Å². The zero-order valence-electron chi connectivity index (χ0n) is 9.32. The molecule has 0 saturated heterocycles. The highest BCUT2D eigenvalue weighted by Crippen LogP contribution is 2.19. The predicted octanol–water partition coefficient (Wildman–Crippen LogP) is 4.05. The zero-order valence-corrected chi connectivity index (χ0v) is 10.1. The van der Waals surface area contributed by atoms with Crippen molar-refractivity contribution in [3.63, 3.8) is 0 Å². The highest BCUT2D eigenvalue weighted by Gasteiger charge is 2.06. The first kappa shape index (κ1) is 11.9. The van der Waals surface area contributed by atoms with Crippen LogP contribution >= 0.6 is 11.6 Å². The summed E-state index contributed by atoms with van der Waals surface area (Å²) in [5.41, 5.74) is 1.07. The summed E-state index contributed by atoms with van der Waals surface area (Å²) in [6.45, 7) is 1.98. The summed E-state index contributed by atoms with van der Waals surface area (Å²) in [4.78, 5) is 3.75. The van der Waals surface area contributed by atoms with Crippen molar-refractivity contribution < 1.29 is 4.39 Å². The average molecular weight is 251 g/mol. The van der Waals surface area contributed by atoms with Crippen molar-refractivity contribution in [2.24, 2.45) is 0 Å². The Morgan fingerprint density at radius 1 is 1.18 bits per heavy atom. The molecule has 0 bridgehead atoms. The summed E-state index contributed by atoms with van der Waals surface area (Å²) in [5.74, 6) is 0.0331. The molecule has 2 aromatic rings. The van der Waals surface area contributed by atoms with Gasteiger partial charge in [0, 0.05) is 11.1 Å². The van der Waals surface area contributed by atoms with Crippen LogP contribution in [0.25, 0.3) is 0 Å². The molecule has 0 spiro atoms. The van der Waals surface area contributed by atoms with Crippen LogP contribution in [0.5, 0.6) is 0 Å². The molecule has 0 aliphatic carbocycles. The molecule has 1 atom stereocenters. The molecule has 4 heteroatoms. The topological polar surface area (TPSA) is 24.9 Å². The van der Waals surface area contributed by atoms with Gasteiger partial charge >= 0.3 is 0 Å². The molecule has 0 aliphatic heterocycles. The minimum atomic E-state index is -0.488. The van der Waals surface area contributed by atoms with E-state index in [1.165, 1.54) is 6.07 Å². The molecule has 1 unspecified atom stereocenters. The molecule has 1 aromatic carbocycles. The number of aromatic nitrogens is 1. The van der Waals surface area contributed by atoms with Gasteiger partial charge in [0.2, 0.25) is 5.95 Å². The van der Waals surface area contributed by atoms with Gasteiger partial charge in [-0.05, 0) is 36.8 Å². The Morgan fingerprint density at radius 2 is 1.88 bits per heavy atom. The summed E-state index contributed by atoms with van der Waals surface area (Å²) in [7, 11) is 0. The fourth-order valence-corrected chi connectivity index (χ4v) is 1.67. The van der Waals surface area contributed by atoms with Crippen molar-refractivity contribution in [2.75, 3.05) is 5.32 Å². The van der Waals surface area contributed by atoms with E-state index in [0.29, 0.717) is 10.8 Å². The normalized spacial score (nSPS) is 12.2. The number of nitrogens with zero attached hydrogens (tertiary/aromatic N) is 1. The molecule has 1 heterocycles. The van der Waals surface area contributed by atoms with E-state index < -0.39 is 5.95 Å². The third kappa shape index (κ3) is 3.17. The Labute approximate surface area is 104 Å². The number of nitrogens with one attached hydrogen (secondary N) is 1. The van der Waals surface area contributed by atoms with Gasteiger partial charge in [-0.1, -0.05) is 29.8 Å². The Morgan fingerprint density at radius 3 is 2.53 bits per heavy atom. The lowest BCUT2D eigenvalue weighted by Gasteiger charge is -2.14. The van der Waals surface area contributed by atoms with Gasteiger partial charge in [-0.15, -0.1) is 0 Å². The van der Waals surface area contributed by atoms with Crippen molar-refractivity contribution in [1.82, 2.24) is 4.98 Å². The summed E-state index contributed by atoms with van der Waals surface area (Å²) in [6.07, 6.45) is 0. The van der Waals surface area contributed by atoms with Crippen LogP contribution in [0, 0.1) is 5.95 Å². The van der Waals surface area contributed by atoms with Crippen LogP contribution in [0.4, 0.5) is 10.2 Å². The van der Waals surface area contributed by atoms with Gasteiger partial charge in [0.05, 0.1) is 0 Å². The van der Waals surface area contributed by atoms with Gasteiger partial charge in [0.1, 0.15) is 5.82 Å². The lowest BCUT2D eigenvalue weighted by Crippen LogP contribution is -2.08. The number of benzene rings is 1. The first-order valence-corrected chi connectivity index (χ1v) is 5.67. The number of halogens is 2. The van der Waals surface area contributed by atoms with Crippen molar-refractivity contribution in [3.8, 4) is 0 Å². The van der Waals surface area contributed by atoms with E-state index in [0.717, 1.165) is 5.56 Å². The van der Waals surface area contributed by atoms with Crippen molar-refractivity contribution in [2.45, 2.75) is 13.0 Å². The van der Waals surface area contributed by atoms with Gasteiger partial charge in [-0.3, -0.25) is 0 Å². The molecule has 88 valence electrons. The lowest BCUT2D eigenvalue weighted by atomic mass is 10.1. The molecule has 0 saturated carbocycles. The number of anilines is 1. The molecule has 2 rings (SSSR count). The Bertz CT molecular complexity index is 499. The van der Waals surface area contributed by atoms with Gasteiger partial charge in [0.25, 0.3) is 0 Å². The Balaban J connectivity index is 2.11. The third-order valence-corrected chi connectivity index (χ3v) is 2.70. The van der Waals surface area contributed by atoms with E-state index in [9.17, 15) is 4.39 Å². The summed E-state index contributed by atoms with van der Waals surface area (Å²) in [6, 6.07) is 12.2. The lowest BCUT2D eigenvalue weighted by molar-refractivity contribution is 0.584. The van der Waals surface area contributed by atoms with Crippen LogP contribution in [0.1, 0.15) is 18.5 Å². The smallest absolute Gasteiger partial charge is 0.214 e. The second-order valence-electron chi connectivity index (χ2n) is 3.76. The minimum absolute atomic E-state index is 0.0431. The molecule has 0 fully saturated rings. The zero-order chi connectivity index (χ0) is 12.3. The molecular weight excluding hydrogens is 239 g/mol. The largest absolute Gasteiger partial charge is 0.363 e. The number of hydrogen-bond acceptors (Lipinski definition) is 2. The van der Waals surface area contributed by atoms with Crippen molar-refractivity contribution in [1.29, 1.82) is 0 Å². The maximum Gasteiger partial charge on any atom is 0.214 e. The quantitative estimate of drug-likeness (QED) is 0.832. The molecule has 1 N–H and O–H groups in total. The molecule has 0 aliphatic rings. The first-order valence-electron chi connectivity index (χ1n) is 5.30. The number of rotatable bonds is 3. The molecule has 1 aromatic heterocycles. The van der Waals surface area contributed by atoms with E-state index in [2.05, 4.69) is 10.3 Å². The highest BCUT2D eigenvalue weighted by atomic mass is 35.5. The van der Waals surface area contributed by atoms with Gasteiger partial charge in [-0.2, -0.15) is 4.39 Å². The SMILES string of the molecule is CC(Nc1cccc(F)n1)c1ccc(Cl)cc1. The Kier molecular flexibility index (Phi) is 3.59. The van der Waals surface area contributed by atoms with Crippen LogP contribution in [0.2, 0.25) is 5.02 Å². The van der Waals surface area contributed by atoms with Crippen LogP contribution in [-0.2, 0) is 0 Å². The standard InChI is InChI=1S/C13H12ClFN2/c1-9(10-5-7-11(14)8-6-10)16-13-4-2-3-12(15)17-13/h2-9H,1H3,(H,16,17). The monoisotopic (exact) mass is 250 g/mol. The van der Waals surface area contributed by atoms with E-state index in [1.54, 1.807) is 12.1 Å². The van der Waals surface area contributed by atoms with Gasteiger partial charge in [0.15, 0.2) is 0 Å². The molecular formula is C13H12ClFN2. The van der Waals surface area contributed by atoms with Crippen LogP contribution in [0.3, 0.4) is 0 Å². The van der Waals surface area contributed by atoms with E-state index in [4.69, 9.17) is 11.6 Å². The summed E-state index contributed by atoms with van der Waals surface area (Å²) < 4.78 is 12.9. The van der Waals surface area contributed by atoms with Gasteiger partial charge < -0.3 is 5.32 Å². The second kappa shape index (κ2) is 5.15. The number of pyridine rings is 1. The maximum absolute atomic E-state index is 12.9. The minimum Gasteiger partial charge on any atom is -0.363 e. The summed E-state index contributed by atoms with van der Waals surface area (Å²) >= 11 is 5.81. The molecule has 17 heavy (non-hydrogen) atoms. The fraction of sp³-hybridized carbons (Fsp3) is 0.154. The van der Waals surface area contributed by atoms with Crippen LogP contribution in [0.15, 0.2) is 42.5 Å². The molecule has 0 amide bonds. The molecule has 0 radical (unpaired) electrons. The van der Waals surface area contributed by atoms with E-state index in [1.807, 2.05) is 31.2 Å². The fourth-order valence-electron chi connectivity index (χ4n) is 1.55. The Hall–Kier alpha value is -1.61. The highest BCUT2D eigenvalue weighted by molar-refractivity contribution is 6.30. The number of hydrogen-bond donors (Lipinski definition) is 1. The summed E-state index contributed by atoms with van der Waals surface area (Å²) in [5, 5.41) is 3.82. The van der Waals surface area contributed by atoms with E-state index in [-0.39, 0.29) is 6.04 Å². The maximum atomic E-state index is 12.9. The average Bonchev–Trinajstić information content (AvgIpc) is 2.29.